The van der Waals surface area contributed by atoms with E-state index in [4.69, 9.17) is 0 Å². The lowest BCUT2D eigenvalue weighted by atomic mass is 9.86. The third-order valence-corrected chi connectivity index (χ3v) is 4.94. The maximum Gasteiger partial charge on any atom is 0.157 e. The van der Waals surface area contributed by atoms with Crippen LogP contribution in [-0.4, -0.2) is 34.4 Å². The maximum atomic E-state index is 12.9. The predicted molar refractivity (Wildman–Crippen MR) is 78.8 cm³/mol. The SMILES string of the molecule is O=C(Cc1cccc(O)c1)C1(N2CCCC2)CCCC1. The van der Waals surface area contributed by atoms with Gasteiger partial charge in [0.15, 0.2) is 5.78 Å². The van der Waals surface area contributed by atoms with Crippen LogP contribution in [0.4, 0.5) is 0 Å². The number of aromatic hydroxyl groups is 1. The molecule has 1 N–H and O–H groups in total. The summed E-state index contributed by atoms with van der Waals surface area (Å²) in [7, 11) is 0. The molecule has 0 spiro atoms. The third kappa shape index (κ3) is 2.47. The second-order valence-corrected chi connectivity index (χ2v) is 6.20. The van der Waals surface area contributed by atoms with Crippen LogP contribution in [0.15, 0.2) is 24.3 Å². The van der Waals surface area contributed by atoms with Crippen molar-refractivity contribution in [2.24, 2.45) is 0 Å². The molecule has 0 bridgehead atoms. The summed E-state index contributed by atoms with van der Waals surface area (Å²) in [6, 6.07) is 7.11. The molecular weight excluding hydrogens is 250 g/mol. The molecule has 1 aromatic rings. The van der Waals surface area contributed by atoms with Gasteiger partial charge in [-0.05, 0) is 56.5 Å². The minimum Gasteiger partial charge on any atom is -0.508 e. The van der Waals surface area contributed by atoms with Crippen LogP contribution in [-0.2, 0) is 11.2 Å². The van der Waals surface area contributed by atoms with Crippen molar-refractivity contribution < 1.29 is 9.90 Å². The van der Waals surface area contributed by atoms with Crippen molar-refractivity contribution in [3.63, 3.8) is 0 Å². The van der Waals surface area contributed by atoms with Gasteiger partial charge in [0.1, 0.15) is 5.75 Å². The molecule has 0 aromatic heterocycles. The first-order valence-corrected chi connectivity index (χ1v) is 7.77. The second-order valence-electron chi connectivity index (χ2n) is 6.20. The lowest BCUT2D eigenvalue weighted by Crippen LogP contribution is -2.52. The number of Topliss-reactive ketones (excluding diaryl/α,β-unsaturated/α-hetero) is 1. The highest BCUT2D eigenvalue weighted by molar-refractivity contribution is 5.90. The molecule has 0 unspecified atom stereocenters. The highest BCUT2D eigenvalue weighted by Gasteiger charge is 2.45. The first kappa shape index (κ1) is 13.6. The molecule has 2 fully saturated rings. The van der Waals surface area contributed by atoms with E-state index in [1.54, 1.807) is 12.1 Å². The van der Waals surface area contributed by atoms with E-state index in [1.165, 1.54) is 25.7 Å². The van der Waals surface area contributed by atoms with Crippen LogP contribution >= 0.6 is 0 Å². The summed E-state index contributed by atoms with van der Waals surface area (Å²) < 4.78 is 0. The van der Waals surface area contributed by atoms with Gasteiger partial charge in [0.25, 0.3) is 0 Å². The number of rotatable bonds is 4. The standard InChI is InChI=1S/C17H23NO2/c19-15-7-5-6-14(12-15)13-16(20)17(8-1-2-9-17)18-10-3-4-11-18/h5-7,12,19H,1-4,8-11,13H2. The number of phenolic OH excluding ortho intramolecular Hbond substituents is 1. The highest BCUT2D eigenvalue weighted by atomic mass is 16.3. The van der Waals surface area contributed by atoms with Crippen molar-refractivity contribution in [2.75, 3.05) is 13.1 Å². The molecule has 1 aromatic carbocycles. The molecule has 3 heteroatoms. The Morgan fingerprint density at radius 3 is 2.50 bits per heavy atom. The number of phenols is 1. The number of nitrogens with zero attached hydrogens (tertiary/aromatic N) is 1. The Hall–Kier alpha value is -1.35. The van der Waals surface area contributed by atoms with Crippen molar-refractivity contribution in [1.29, 1.82) is 0 Å². The summed E-state index contributed by atoms with van der Waals surface area (Å²) in [4.78, 5) is 15.3. The van der Waals surface area contributed by atoms with Gasteiger partial charge >= 0.3 is 0 Å². The van der Waals surface area contributed by atoms with Crippen molar-refractivity contribution >= 4 is 5.78 Å². The zero-order valence-corrected chi connectivity index (χ0v) is 12.0. The molecule has 3 rings (SSSR count). The van der Waals surface area contributed by atoms with Crippen LogP contribution in [0.5, 0.6) is 5.75 Å². The Balaban J connectivity index is 1.79. The number of hydrogen-bond acceptors (Lipinski definition) is 3. The normalized spacial score (nSPS) is 22.2. The minimum absolute atomic E-state index is 0.206. The van der Waals surface area contributed by atoms with Crippen LogP contribution in [0.25, 0.3) is 0 Å². The molecule has 108 valence electrons. The minimum atomic E-state index is -0.206. The van der Waals surface area contributed by atoms with E-state index in [9.17, 15) is 9.90 Å². The summed E-state index contributed by atoms with van der Waals surface area (Å²) in [6.07, 6.45) is 7.27. The monoisotopic (exact) mass is 273 g/mol. The van der Waals surface area contributed by atoms with Crippen LogP contribution in [0.1, 0.15) is 44.1 Å². The Bertz CT molecular complexity index is 486. The molecule has 1 heterocycles. The van der Waals surface area contributed by atoms with E-state index in [2.05, 4.69) is 4.90 Å². The number of carbonyl (C=O) groups is 1. The Kier molecular flexibility index (Phi) is 3.79. The molecule has 1 aliphatic heterocycles. The molecule has 1 aliphatic carbocycles. The zero-order valence-electron chi connectivity index (χ0n) is 12.0. The first-order chi connectivity index (χ1) is 9.71. The smallest absolute Gasteiger partial charge is 0.157 e. The Morgan fingerprint density at radius 2 is 1.85 bits per heavy atom. The van der Waals surface area contributed by atoms with Crippen LogP contribution in [0.2, 0.25) is 0 Å². The number of ketones is 1. The van der Waals surface area contributed by atoms with Crippen LogP contribution in [0.3, 0.4) is 0 Å². The molecule has 1 saturated carbocycles. The zero-order chi connectivity index (χ0) is 14.0. The van der Waals surface area contributed by atoms with Crippen molar-refractivity contribution in [2.45, 2.75) is 50.5 Å². The summed E-state index contributed by atoms with van der Waals surface area (Å²) in [5.74, 6) is 0.597. The first-order valence-electron chi connectivity index (χ1n) is 7.77. The van der Waals surface area contributed by atoms with Gasteiger partial charge in [0.05, 0.1) is 5.54 Å². The Labute approximate surface area is 120 Å². The highest BCUT2D eigenvalue weighted by Crippen LogP contribution is 2.39. The fourth-order valence-electron chi connectivity index (χ4n) is 3.89. The topological polar surface area (TPSA) is 40.5 Å². The van der Waals surface area contributed by atoms with E-state index in [1.807, 2.05) is 12.1 Å². The van der Waals surface area contributed by atoms with E-state index >= 15 is 0 Å². The molecule has 0 amide bonds. The summed E-state index contributed by atoms with van der Waals surface area (Å²) >= 11 is 0. The molecule has 1 saturated heterocycles. The molecule has 20 heavy (non-hydrogen) atoms. The summed E-state index contributed by atoms with van der Waals surface area (Å²) in [6.45, 7) is 2.15. The molecule has 2 aliphatic rings. The average Bonchev–Trinajstić information content (AvgIpc) is 3.11. The lowest BCUT2D eigenvalue weighted by Gasteiger charge is -2.37. The van der Waals surface area contributed by atoms with Crippen molar-refractivity contribution in [1.82, 2.24) is 4.90 Å². The molecular formula is C17H23NO2. The van der Waals surface area contributed by atoms with E-state index in [0.29, 0.717) is 12.2 Å². The van der Waals surface area contributed by atoms with Gasteiger partial charge in [-0.2, -0.15) is 0 Å². The van der Waals surface area contributed by atoms with Gasteiger partial charge in [-0.1, -0.05) is 25.0 Å². The van der Waals surface area contributed by atoms with Crippen molar-refractivity contribution in [3.8, 4) is 5.75 Å². The number of likely N-dealkylation sites (tertiary alicyclic amines) is 1. The number of hydrogen-bond donors (Lipinski definition) is 1. The van der Waals surface area contributed by atoms with E-state index in [-0.39, 0.29) is 11.3 Å². The maximum absolute atomic E-state index is 12.9. The average molecular weight is 273 g/mol. The third-order valence-electron chi connectivity index (χ3n) is 4.94. The largest absolute Gasteiger partial charge is 0.508 e. The van der Waals surface area contributed by atoms with E-state index < -0.39 is 0 Å². The van der Waals surface area contributed by atoms with Gasteiger partial charge in [0, 0.05) is 6.42 Å². The number of carbonyl (C=O) groups excluding carboxylic acids is 1. The van der Waals surface area contributed by atoms with Crippen LogP contribution < -0.4 is 0 Å². The number of benzene rings is 1. The predicted octanol–water partition coefficient (Wildman–Crippen LogP) is 2.91. The quantitative estimate of drug-likeness (QED) is 0.917. The fraction of sp³-hybridized carbons (Fsp3) is 0.588. The lowest BCUT2D eigenvalue weighted by molar-refractivity contribution is -0.129. The summed E-state index contributed by atoms with van der Waals surface area (Å²) in [5.41, 5.74) is 0.725. The van der Waals surface area contributed by atoms with Crippen LogP contribution in [0, 0.1) is 0 Å². The van der Waals surface area contributed by atoms with Gasteiger partial charge in [-0.15, -0.1) is 0 Å². The molecule has 0 radical (unpaired) electrons. The van der Waals surface area contributed by atoms with Gasteiger partial charge < -0.3 is 5.11 Å². The molecule has 3 nitrogen and oxygen atoms in total. The van der Waals surface area contributed by atoms with Gasteiger partial charge in [0.2, 0.25) is 0 Å². The van der Waals surface area contributed by atoms with Gasteiger partial charge in [-0.25, -0.2) is 0 Å². The second kappa shape index (κ2) is 5.57. The van der Waals surface area contributed by atoms with E-state index in [0.717, 1.165) is 31.5 Å². The summed E-state index contributed by atoms with van der Waals surface area (Å²) in [5, 5.41) is 9.55. The van der Waals surface area contributed by atoms with Gasteiger partial charge in [-0.3, -0.25) is 9.69 Å². The fourth-order valence-corrected chi connectivity index (χ4v) is 3.89. The van der Waals surface area contributed by atoms with Crippen molar-refractivity contribution in [3.05, 3.63) is 29.8 Å². The molecule has 0 atom stereocenters. The Morgan fingerprint density at radius 1 is 1.15 bits per heavy atom.